The molecule has 1 N–H and O–H groups in total. The molecule has 104 valence electrons. The number of aliphatic hydroxyl groups is 1. The Labute approximate surface area is 111 Å². The summed E-state index contributed by atoms with van der Waals surface area (Å²) in [6.07, 6.45) is 6.98. The Morgan fingerprint density at radius 1 is 1.28 bits per heavy atom. The van der Waals surface area contributed by atoms with Crippen LogP contribution in [0.3, 0.4) is 0 Å². The zero-order valence-corrected chi connectivity index (χ0v) is 12.3. The van der Waals surface area contributed by atoms with E-state index in [0.717, 1.165) is 32.1 Å². The molecule has 1 aliphatic carbocycles. The van der Waals surface area contributed by atoms with Crippen LogP contribution in [-0.4, -0.2) is 17.0 Å². The standard InChI is InChI=1S/C16H28O2/c1-5-13(6-2)16(11(3)10-12(4)17)14-8-7-9-15(14)18/h10,13-16,18H,5-9H2,1-4H3. The van der Waals surface area contributed by atoms with Crippen molar-refractivity contribution in [3.63, 3.8) is 0 Å². The number of ketones is 1. The molecule has 3 unspecified atom stereocenters. The lowest BCUT2D eigenvalue weighted by Crippen LogP contribution is -2.29. The summed E-state index contributed by atoms with van der Waals surface area (Å²) >= 11 is 0. The highest BCUT2D eigenvalue weighted by atomic mass is 16.3. The number of allylic oxidation sites excluding steroid dienone is 2. The third-order valence-corrected chi connectivity index (χ3v) is 4.51. The minimum Gasteiger partial charge on any atom is -0.393 e. The van der Waals surface area contributed by atoms with E-state index in [0.29, 0.717) is 17.8 Å². The molecule has 18 heavy (non-hydrogen) atoms. The first-order chi connectivity index (χ1) is 8.51. The van der Waals surface area contributed by atoms with Crippen molar-refractivity contribution in [2.45, 2.75) is 65.9 Å². The van der Waals surface area contributed by atoms with Crippen LogP contribution in [0.25, 0.3) is 0 Å². The van der Waals surface area contributed by atoms with Crippen LogP contribution in [0.2, 0.25) is 0 Å². The van der Waals surface area contributed by atoms with Crippen LogP contribution in [0.5, 0.6) is 0 Å². The number of carbonyl (C=O) groups is 1. The van der Waals surface area contributed by atoms with E-state index in [4.69, 9.17) is 0 Å². The van der Waals surface area contributed by atoms with Gasteiger partial charge in [0.05, 0.1) is 6.10 Å². The highest BCUT2D eigenvalue weighted by Gasteiger charge is 2.36. The van der Waals surface area contributed by atoms with Crippen LogP contribution in [0.15, 0.2) is 11.6 Å². The molecule has 2 nitrogen and oxygen atoms in total. The van der Waals surface area contributed by atoms with Crippen LogP contribution in [-0.2, 0) is 4.79 Å². The first kappa shape index (κ1) is 15.4. The predicted molar refractivity (Wildman–Crippen MR) is 75.3 cm³/mol. The normalized spacial score (nSPS) is 26.7. The number of rotatable bonds is 6. The lowest BCUT2D eigenvalue weighted by molar-refractivity contribution is -0.112. The first-order valence-electron chi connectivity index (χ1n) is 7.38. The van der Waals surface area contributed by atoms with Gasteiger partial charge in [0.15, 0.2) is 5.78 Å². The van der Waals surface area contributed by atoms with Crippen molar-refractivity contribution < 1.29 is 9.90 Å². The Kier molecular flexibility index (Phi) is 6.07. The molecule has 0 amide bonds. The van der Waals surface area contributed by atoms with Gasteiger partial charge in [0, 0.05) is 0 Å². The second-order valence-electron chi connectivity index (χ2n) is 5.76. The van der Waals surface area contributed by atoms with Crippen molar-refractivity contribution in [2.24, 2.45) is 17.8 Å². The van der Waals surface area contributed by atoms with Gasteiger partial charge in [-0.2, -0.15) is 0 Å². The third-order valence-electron chi connectivity index (χ3n) is 4.51. The van der Waals surface area contributed by atoms with Crippen molar-refractivity contribution in [3.05, 3.63) is 11.6 Å². The van der Waals surface area contributed by atoms with Crippen molar-refractivity contribution in [1.82, 2.24) is 0 Å². The van der Waals surface area contributed by atoms with Crippen molar-refractivity contribution in [2.75, 3.05) is 0 Å². The van der Waals surface area contributed by atoms with E-state index in [2.05, 4.69) is 20.8 Å². The Balaban J connectivity index is 2.97. The molecule has 0 aromatic heterocycles. The number of hydrogen-bond donors (Lipinski definition) is 1. The Hall–Kier alpha value is -0.630. The first-order valence-corrected chi connectivity index (χ1v) is 7.38. The molecular formula is C16H28O2. The van der Waals surface area contributed by atoms with Gasteiger partial charge in [0.2, 0.25) is 0 Å². The summed E-state index contributed by atoms with van der Waals surface area (Å²) in [6.45, 7) is 8.10. The molecule has 0 spiro atoms. The zero-order valence-electron chi connectivity index (χ0n) is 12.3. The topological polar surface area (TPSA) is 37.3 Å². The largest absolute Gasteiger partial charge is 0.393 e. The van der Waals surface area contributed by atoms with Gasteiger partial charge < -0.3 is 5.11 Å². The quantitative estimate of drug-likeness (QED) is 0.731. The smallest absolute Gasteiger partial charge is 0.152 e. The molecule has 0 saturated heterocycles. The molecular weight excluding hydrogens is 224 g/mol. The van der Waals surface area contributed by atoms with Gasteiger partial charge in [-0.25, -0.2) is 0 Å². The Morgan fingerprint density at radius 3 is 2.28 bits per heavy atom. The molecule has 0 bridgehead atoms. The number of carbonyl (C=O) groups excluding carboxylic acids is 1. The summed E-state index contributed by atoms with van der Waals surface area (Å²) in [4.78, 5) is 11.3. The molecule has 0 aliphatic heterocycles. The molecule has 1 aliphatic rings. The number of hydrogen-bond acceptors (Lipinski definition) is 2. The van der Waals surface area contributed by atoms with Crippen molar-refractivity contribution in [1.29, 1.82) is 0 Å². The van der Waals surface area contributed by atoms with E-state index in [9.17, 15) is 9.90 Å². The minimum absolute atomic E-state index is 0.121. The SMILES string of the molecule is CCC(CC)C(C(C)=CC(C)=O)C1CCCC1O. The highest BCUT2D eigenvalue weighted by molar-refractivity contribution is 5.87. The second kappa shape index (κ2) is 7.08. The predicted octanol–water partition coefficient (Wildman–Crippen LogP) is 3.74. The summed E-state index contributed by atoms with van der Waals surface area (Å²) in [5, 5.41) is 10.2. The van der Waals surface area contributed by atoms with Crippen LogP contribution in [0, 0.1) is 17.8 Å². The fourth-order valence-electron chi connectivity index (χ4n) is 3.66. The van der Waals surface area contributed by atoms with E-state index < -0.39 is 0 Å². The maximum absolute atomic E-state index is 11.3. The lowest BCUT2D eigenvalue weighted by atomic mass is 9.73. The monoisotopic (exact) mass is 252 g/mol. The van der Waals surface area contributed by atoms with Gasteiger partial charge in [0.1, 0.15) is 0 Å². The average Bonchev–Trinajstić information content (AvgIpc) is 2.70. The fraction of sp³-hybridized carbons (Fsp3) is 0.812. The number of aliphatic hydroxyl groups excluding tert-OH is 1. The molecule has 0 aromatic rings. The van der Waals surface area contributed by atoms with Gasteiger partial charge >= 0.3 is 0 Å². The maximum Gasteiger partial charge on any atom is 0.152 e. The highest BCUT2D eigenvalue weighted by Crippen LogP contribution is 2.41. The fourth-order valence-corrected chi connectivity index (χ4v) is 3.66. The molecule has 0 heterocycles. The van der Waals surface area contributed by atoms with E-state index in [1.165, 1.54) is 5.57 Å². The van der Waals surface area contributed by atoms with Gasteiger partial charge in [-0.1, -0.05) is 38.7 Å². The second-order valence-corrected chi connectivity index (χ2v) is 5.76. The molecule has 1 rings (SSSR count). The van der Waals surface area contributed by atoms with Gasteiger partial charge in [-0.05, 0) is 50.5 Å². The van der Waals surface area contributed by atoms with Gasteiger partial charge in [0.25, 0.3) is 0 Å². The minimum atomic E-state index is -0.175. The Bertz CT molecular complexity index is 302. The van der Waals surface area contributed by atoms with Crippen LogP contribution >= 0.6 is 0 Å². The van der Waals surface area contributed by atoms with E-state index in [-0.39, 0.29) is 11.9 Å². The average molecular weight is 252 g/mol. The Morgan fingerprint density at radius 2 is 1.89 bits per heavy atom. The zero-order chi connectivity index (χ0) is 13.7. The maximum atomic E-state index is 11.3. The molecule has 1 saturated carbocycles. The van der Waals surface area contributed by atoms with E-state index in [1.807, 2.05) is 0 Å². The molecule has 3 atom stereocenters. The van der Waals surface area contributed by atoms with Crippen molar-refractivity contribution >= 4 is 5.78 Å². The summed E-state index contributed by atoms with van der Waals surface area (Å²) in [7, 11) is 0. The molecule has 2 heteroatoms. The summed E-state index contributed by atoms with van der Waals surface area (Å²) in [5.41, 5.74) is 1.17. The molecule has 0 aromatic carbocycles. The van der Waals surface area contributed by atoms with E-state index in [1.54, 1.807) is 13.0 Å². The summed E-state index contributed by atoms with van der Waals surface area (Å²) in [6, 6.07) is 0. The van der Waals surface area contributed by atoms with Gasteiger partial charge in [-0.15, -0.1) is 0 Å². The van der Waals surface area contributed by atoms with Crippen molar-refractivity contribution in [3.8, 4) is 0 Å². The van der Waals surface area contributed by atoms with Gasteiger partial charge in [-0.3, -0.25) is 4.79 Å². The van der Waals surface area contributed by atoms with Crippen LogP contribution in [0.4, 0.5) is 0 Å². The molecule has 0 radical (unpaired) electrons. The third kappa shape index (κ3) is 3.68. The lowest BCUT2D eigenvalue weighted by Gasteiger charge is -2.33. The van der Waals surface area contributed by atoms with E-state index >= 15 is 0 Å². The molecule has 1 fully saturated rings. The summed E-state index contributed by atoms with van der Waals surface area (Å²) < 4.78 is 0. The van der Waals surface area contributed by atoms with Crippen LogP contribution in [0.1, 0.15) is 59.8 Å². The summed E-state index contributed by atoms with van der Waals surface area (Å²) in [5.74, 6) is 1.43. The van der Waals surface area contributed by atoms with Crippen LogP contribution < -0.4 is 0 Å².